The predicted molar refractivity (Wildman–Crippen MR) is 173 cm³/mol. The number of rotatable bonds is 5. The van der Waals surface area contributed by atoms with Crippen LogP contribution in [0.25, 0.3) is 0 Å². The fraction of sp³-hybridized carbons (Fsp3) is 0.111. The van der Waals surface area contributed by atoms with Crippen LogP contribution in [0, 0.1) is 13.8 Å². The Hall–Kier alpha value is -4.06. The monoisotopic (exact) mass is 568 g/mol. The molecule has 2 aliphatic heterocycles. The molecule has 2 heterocycles. The van der Waals surface area contributed by atoms with Gasteiger partial charge in [-0.1, -0.05) is 145 Å². The van der Waals surface area contributed by atoms with E-state index in [1.807, 2.05) is 60.3 Å². The van der Waals surface area contributed by atoms with Crippen LogP contribution in [0.4, 0.5) is 5.69 Å². The van der Waals surface area contributed by atoms with Gasteiger partial charge in [-0.15, -0.1) is 0 Å². The average molecular weight is 569 g/mol. The van der Waals surface area contributed by atoms with Crippen LogP contribution in [0.2, 0.25) is 0 Å². The zero-order chi connectivity index (χ0) is 28.0. The molecule has 7 rings (SSSR count). The van der Waals surface area contributed by atoms with Gasteiger partial charge in [-0.3, -0.25) is 4.79 Å². The SMILES string of the molecule is Cc1ccccc1C1(c2ccccc2C)SC2(SC(C(=O)c3ccccc3)=NN2c2ccccc2)c2ccccc21. The molecule has 0 aliphatic carbocycles. The van der Waals surface area contributed by atoms with Gasteiger partial charge in [0.05, 0.1) is 10.4 Å². The lowest BCUT2D eigenvalue weighted by molar-refractivity contribution is 0.106. The number of anilines is 1. The van der Waals surface area contributed by atoms with Gasteiger partial charge in [-0.2, -0.15) is 5.10 Å². The number of nitrogens with zero attached hydrogens (tertiary/aromatic N) is 2. The number of hydrogen-bond acceptors (Lipinski definition) is 5. The summed E-state index contributed by atoms with van der Waals surface area (Å²) in [5.41, 5.74) is 8.93. The van der Waals surface area contributed by atoms with Crippen molar-refractivity contribution in [1.29, 1.82) is 0 Å². The third-order valence-electron chi connectivity index (χ3n) is 7.92. The first-order chi connectivity index (χ1) is 20.0. The highest BCUT2D eigenvalue weighted by atomic mass is 32.2. The molecule has 3 nitrogen and oxygen atoms in total. The second-order valence-corrected chi connectivity index (χ2v) is 13.2. The van der Waals surface area contributed by atoms with Crippen LogP contribution in [0.3, 0.4) is 0 Å². The van der Waals surface area contributed by atoms with E-state index >= 15 is 0 Å². The van der Waals surface area contributed by atoms with Crippen LogP contribution in [0.1, 0.15) is 43.7 Å². The van der Waals surface area contributed by atoms with Crippen molar-refractivity contribution in [3.63, 3.8) is 0 Å². The van der Waals surface area contributed by atoms with Gasteiger partial charge in [-0.05, 0) is 53.8 Å². The van der Waals surface area contributed by atoms with E-state index in [9.17, 15) is 4.79 Å². The number of fused-ring (bicyclic) bond motifs is 2. The number of carbonyl (C=O) groups is 1. The summed E-state index contributed by atoms with van der Waals surface area (Å²) >= 11 is 3.43. The van der Waals surface area contributed by atoms with E-state index in [4.69, 9.17) is 5.10 Å². The van der Waals surface area contributed by atoms with E-state index in [2.05, 4.69) is 104 Å². The maximum Gasteiger partial charge on any atom is 0.219 e. The number of hydrogen-bond donors (Lipinski definition) is 0. The summed E-state index contributed by atoms with van der Waals surface area (Å²) < 4.78 is -1.23. The molecule has 5 heteroatoms. The second kappa shape index (κ2) is 10.1. The average Bonchev–Trinajstić information content (AvgIpc) is 3.55. The van der Waals surface area contributed by atoms with E-state index < -0.39 is 8.95 Å². The fourth-order valence-corrected chi connectivity index (χ4v) is 9.85. The van der Waals surface area contributed by atoms with E-state index in [1.165, 1.54) is 27.8 Å². The lowest BCUT2D eigenvalue weighted by atomic mass is 9.79. The first-order valence-corrected chi connectivity index (χ1v) is 15.3. The molecule has 0 bridgehead atoms. The van der Waals surface area contributed by atoms with Gasteiger partial charge in [0.2, 0.25) is 5.78 Å². The molecule has 2 aliphatic rings. The molecule has 0 fully saturated rings. The summed E-state index contributed by atoms with van der Waals surface area (Å²) in [6, 6.07) is 45.8. The molecule has 1 spiro atoms. The van der Waals surface area contributed by atoms with Gasteiger partial charge >= 0.3 is 0 Å². The number of benzene rings is 5. The van der Waals surface area contributed by atoms with Crippen molar-refractivity contribution >= 4 is 40.0 Å². The van der Waals surface area contributed by atoms with Crippen molar-refractivity contribution in [3.8, 4) is 0 Å². The minimum atomic E-state index is -0.706. The van der Waals surface area contributed by atoms with Gasteiger partial charge in [0, 0.05) is 11.1 Å². The maximum atomic E-state index is 13.9. The third kappa shape index (κ3) is 3.98. The molecule has 1 atom stereocenters. The highest BCUT2D eigenvalue weighted by Gasteiger charge is 2.62. The standard InChI is InChI=1S/C36H28N2OS2/c1-25-15-9-11-21-29(25)35(30-22-12-10-16-26(30)2)31-23-13-14-24-32(31)36(41-35)38(28-19-7-4-8-20-28)37-34(40-36)33(39)27-17-5-3-6-18-27/h3-24H,1-2H3. The molecular formula is C36H28N2OS2. The molecule has 41 heavy (non-hydrogen) atoms. The van der Waals surface area contributed by atoms with Gasteiger partial charge in [-0.25, -0.2) is 5.01 Å². The Morgan fingerprint density at radius 1 is 0.610 bits per heavy atom. The molecule has 200 valence electrons. The van der Waals surface area contributed by atoms with Crippen molar-refractivity contribution < 1.29 is 4.79 Å². The molecule has 1 unspecified atom stereocenters. The minimum Gasteiger partial charge on any atom is -0.286 e. The number of Topliss-reactive ketones (excluding diaryl/α,β-unsaturated/α-hetero) is 1. The Bertz CT molecular complexity index is 1760. The summed E-state index contributed by atoms with van der Waals surface area (Å²) in [6.45, 7) is 4.39. The molecule has 0 N–H and O–H groups in total. The number of thioether (sulfide) groups is 2. The summed E-state index contributed by atoms with van der Waals surface area (Å²) in [5, 5.41) is 7.68. The Balaban J connectivity index is 1.50. The van der Waals surface area contributed by atoms with Crippen LogP contribution in [-0.2, 0) is 8.95 Å². The predicted octanol–water partition coefficient (Wildman–Crippen LogP) is 8.90. The van der Waals surface area contributed by atoms with Gasteiger partial charge in [0.25, 0.3) is 0 Å². The maximum absolute atomic E-state index is 13.9. The second-order valence-electron chi connectivity index (χ2n) is 10.4. The highest BCUT2D eigenvalue weighted by molar-refractivity contribution is 8.27. The zero-order valence-electron chi connectivity index (χ0n) is 22.8. The van der Waals surface area contributed by atoms with Crippen molar-refractivity contribution in [1.82, 2.24) is 0 Å². The van der Waals surface area contributed by atoms with E-state index in [-0.39, 0.29) is 5.78 Å². The van der Waals surface area contributed by atoms with Crippen molar-refractivity contribution in [2.24, 2.45) is 5.10 Å². The molecule has 0 saturated heterocycles. The Morgan fingerprint density at radius 3 is 1.68 bits per heavy atom. The van der Waals surface area contributed by atoms with E-state index in [0.29, 0.717) is 10.6 Å². The van der Waals surface area contributed by atoms with E-state index in [1.54, 1.807) is 11.8 Å². The third-order valence-corrected chi connectivity index (χ3v) is 11.2. The quantitative estimate of drug-likeness (QED) is 0.198. The van der Waals surface area contributed by atoms with Crippen LogP contribution in [-0.4, -0.2) is 10.8 Å². The number of para-hydroxylation sites is 1. The summed E-state index contributed by atoms with van der Waals surface area (Å²) in [6.07, 6.45) is 0. The first-order valence-electron chi connectivity index (χ1n) is 13.7. The zero-order valence-corrected chi connectivity index (χ0v) is 24.5. The highest BCUT2D eigenvalue weighted by Crippen LogP contribution is 2.71. The summed E-state index contributed by atoms with van der Waals surface area (Å²) in [4.78, 5) is 13.9. The van der Waals surface area contributed by atoms with Gasteiger partial charge < -0.3 is 0 Å². The number of aryl methyl sites for hydroxylation is 2. The molecule has 0 saturated carbocycles. The molecular weight excluding hydrogens is 541 g/mol. The molecule has 0 radical (unpaired) electrons. The van der Waals surface area contributed by atoms with Crippen LogP contribution < -0.4 is 5.01 Å². The lowest BCUT2D eigenvalue weighted by Gasteiger charge is -2.38. The topological polar surface area (TPSA) is 32.7 Å². The van der Waals surface area contributed by atoms with Crippen LogP contribution >= 0.6 is 23.5 Å². The van der Waals surface area contributed by atoms with Crippen LogP contribution in [0.15, 0.2) is 139 Å². The van der Waals surface area contributed by atoms with Crippen molar-refractivity contribution in [3.05, 3.63) is 172 Å². The largest absolute Gasteiger partial charge is 0.286 e. The number of ketones is 1. The van der Waals surface area contributed by atoms with E-state index in [0.717, 1.165) is 11.3 Å². The van der Waals surface area contributed by atoms with Crippen LogP contribution in [0.5, 0.6) is 0 Å². The summed E-state index contributed by atoms with van der Waals surface area (Å²) in [7, 11) is 0. The molecule has 0 amide bonds. The number of carbonyl (C=O) groups excluding carboxylic acids is 1. The summed E-state index contributed by atoms with van der Waals surface area (Å²) in [5.74, 6) is -0.0595. The Morgan fingerprint density at radius 2 is 1.10 bits per heavy atom. The van der Waals surface area contributed by atoms with Gasteiger partial charge in [0.1, 0.15) is 0 Å². The van der Waals surface area contributed by atoms with Gasteiger partial charge in [0.15, 0.2) is 9.25 Å². The smallest absolute Gasteiger partial charge is 0.219 e. The van der Waals surface area contributed by atoms with Crippen molar-refractivity contribution in [2.75, 3.05) is 5.01 Å². The van der Waals surface area contributed by atoms with Crippen molar-refractivity contribution in [2.45, 2.75) is 22.8 Å². The first kappa shape index (κ1) is 25.9. The lowest BCUT2D eigenvalue weighted by Crippen LogP contribution is -2.34. The Labute approximate surface area is 249 Å². The minimum absolute atomic E-state index is 0.0595. The molecule has 0 aromatic heterocycles. The fourth-order valence-electron chi connectivity index (χ4n) is 6.05. The number of hydrazone groups is 1. The Kier molecular flexibility index (Phi) is 6.37. The molecule has 5 aromatic rings. The molecule has 5 aromatic carbocycles. The normalized spacial score (nSPS) is 18.8.